The molecule has 78 valence electrons. The zero-order chi connectivity index (χ0) is 9.90. The van der Waals surface area contributed by atoms with Gasteiger partial charge in [-0.15, -0.1) is 0 Å². The van der Waals surface area contributed by atoms with E-state index in [9.17, 15) is 13.0 Å². The minimum Gasteiger partial charge on any atom is -0.744 e. The predicted octanol–water partition coefficient (Wildman–Crippen LogP) is 0.801. The normalized spacial score (nSPS) is 10.4. The summed E-state index contributed by atoms with van der Waals surface area (Å²) in [4.78, 5) is -0.260. The van der Waals surface area contributed by atoms with E-state index in [4.69, 9.17) is 4.74 Å². The van der Waals surface area contributed by atoms with Gasteiger partial charge in [0, 0.05) is 21.1 Å². The third-order valence-electron chi connectivity index (χ3n) is 1.38. The van der Waals surface area contributed by atoms with Crippen molar-refractivity contribution in [3.63, 3.8) is 0 Å². The Morgan fingerprint density at radius 1 is 1.29 bits per heavy atom. The molecule has 0 aliphatic carbocycles. The van der Waals surface area contributed by atoms with Crippen molar-refractivity contribution in [2.45, 2.75) is 4.90 Å². The van der Waals surface area contributed by atoms with Gasteiger partial charge in [-0.2, -0.15) is 0 Å². The Morgan fingerprint density at radius 3 is 2.14 bits per heavy atom. The first kappa shape index (κ1) is 13.6. The van der Waals surface area contributed by atoms with E-state index in [2.05, 4.69) is 6.92 Å². The Bertz CT molecular complexity index is 371. The SMILES string of the molecule is [CH2-]COc1ccc(S(=O)(=O)[O-])cc1.[W]. The number of benzene rings is 1. The van der Waals surface area contributed by atoms with Crippen LogP contribution in [0.1, 0.15) is 0 Å². The van der Waals surface area contributed by atoms with Gasteiger partial charge in [-0.05, 0) is 30.9 Å². The Balaban J connectivity index is 0.00000169. The number of hydrogen-bond acceptors (Lipinski definition) is 4. The van der Waals surface area contributed by atoms with Gasteiger partial charge in [-0.1, -0.05) is 0 Å². The molecular weight excluding hydrogens is 376 g/mol. The molecular formula is C8H8O4SW-2. The van der Waals surface area contributed by atoms with Gasteiger partial charge in [0.15, 0.2) is 0 Å². The predicted molar refractivity (Wildman–Crippen MR) is 45.3 cm³/mol. The van der Waals surface area contributed by atoms with Gasteiger partial charge in [0.2, 0.25) is 0 Å². The summed E-state index contributed by atoms with van der Waals surface area (Å²) in [5, 5.41) is 0. The third-order valence-corrected chi connectivity index (χ3v) is 2.23. The average Bonchev–Trinajstić information content (AvgIpc) is 2.04. The molecule has 1 rings (SSSR count). The van der Waals surface area contributed by atoms with Gasteiger partial charge in [-0.3, -0.25) is 0 Å². The van der Waals surface area contributed by atoms with Gasteiger partial charge < -0.3 is 16.2 Å². The first-order valence-corrected chi connectivity index (χ1v) is 4.93. The van der Waals surface area contributed by atoms with Crippen LogP contribution in [0.25, 0.3) is 0 Å². The molecule has 0 saturated heterocycles. The van der Waals surface area contributed by atoms with Gasteiger partial charge >= 0.3 is 0 Å². The van der Waals surface area contributed by atoms with Crippen LogP contribution in [0.2, 0.25) is 0 Å². The number of hydrogen-bond donors (Lipinski definition) is 0. The molecule has 4 nitrogen and oxygen atoms in total. The molecule has 0 radical (unpaired) electrons. The molecule has 0 fully saturated rings. The smallest absolute Gasteiger partial charge is 0.124 e. The molecule has 0 unspecified atom stereocenters. The fraction of sp³-hybridized carbons (Fsp3) is 0.125. The number of ether oxygens (including phenoxy) is 1. The molecule has 0 saturated carbocycles. The molecule has 0 aliphatic heterocycles. The summed E-state index contributed by atoms with van der Waals surface area (Å²) >= 11 is 0. The first-order chi connectivity index (χ1) is 6.04. The summed E-state index contributed by atoms with van der Waals surface area (Å²) in [5.74, 6) is 0.488. The first-order valence-electron chi connectivity index (χ1n) is 3.52. The molecule has 0 spiro atoms. The monoisotopic (exact) mass is 384 g/mol. The largest absolute Gasteiger partial charge is 0.744 e. The minimum atomic E-state index is -4.36. The summed E-state index contributed by atoms with van der Waals surface area (Å²) in [6, 6.07) is 5.23. The summed E-state index contributed by atoms with van der Waals surface area (Å²) in [6.07, 6.45) is 0. The molecule has 1 aromatic carbocycles. The average molecular weight is 384 g/mol. The van der Waals surface area contributed by atoms with E-state index >= 15 is 0 Å². The van der Waals surface area contributed by atoms with Crippen LogP contribution in [-0.4, -0.2) is 19.6 Å². The van der Waals surface area contributed by atoms with E-state index in [1.807, 2.05) is 0 Å². The maximum Gasteiger partial charge on any atom is 0.124 e. The molecule has 0 atom stereocenters. The van der Waals surface area contributed by atoms with E-state index < -0.39 is 10.1 Å². The van der Waals surface area contributed by atoms with Crippen molar-refractivity contribution in [3.8, 4) is 5.75 Å². The zero-order valence-electron chi connectivity index (χ0n) is 7.17. The maximum atomic E-state index is 10.5. The zero-order valence-corrected chi connectivity index (χ0v) is 10.9. The fourth-order valence-electron chi connectivity index (χ4n) is 0.820. The van der Waals surface area contributed by atoms with Crippen molar-refractivity contribution < 1.29 is 38.8 Å². The van der Waals surface area contributed by atoms with Gasteiger partial charge in [-0.25, -0.2) is 8.42 Å². The van der Waals surface area contributed by atoms with Crippen molar-refractivity contribution >= 4 is 10.1 Å². The summed E-state index contributed by atoms with van der Waals surface area (Å²) in [6.45, 7) is 3.70. The van der Waals surface area contributed by atoms with Crippen molar-refractivity contribution in [1.82, 2.24) is 0 Å². The molecule has 0 amide bonds. The Hall–Kier alpha value is -0.382. The fourth-order valence-corrected chi connectivity index (χ4v) is 1.29. The van der Waals surface area contributed by atoms with E-state index in [0.717, 1.165) is 0 Å². The van der Waals surface area contributed by atoms with Crippen molar-refractivity contribution in [2.24, 2.45) is 0 Å². The minimum absolute atomic E-state index is 0. The number of rotatable bonds is 3. The molecule has 6 heteroatoms. The second-order valence-electron chi connectivity index (χ2n) is 2.27. The van der Waals surface area contributed by atoms with E-state index in [-0.39, 0.29) is 32.6 Å². The second kappa shape index (κ2) is 5.49. The van der Waals surface area contributed by atoms with Gasteiger partial charge in [0.25, 0.3) is 0 Å². The van der Waals surface area contributed by atoms with Crippen molar-refractivity contribution in [2.75, 3.05) is 6.61 Å². The van der Waals surface area contributed by atoms with Crippen LogP contribution < -0.4 is 4.74 Å². The molecule has 0 N–H and O–H groups in total. The van der Waals surface area contributed by atoms with Crippen molar-refractivity contribution in [1.29, 1.82) is 0 Å². The maximum absolute atomic E-state index is 10.5. The molecule has 1 aromatic rings. The quantitative estimate of drug-likeness (QED) is 0.572. The Labute approximate surface area is 97.3 Å². The van der Waals surface area contributed by atoms with E-state index in [1.54, 1.807) is 0 Å². The topological polar surface area (TPSA) is 66.4 Å². The van der Waals surface area contributed by atoms with Crippen molar-refractivity contribution in [3.05, 3.63) is 31.2 Å². The third kappa shape index (κ3) is 3.78. The van der Waals surface area contributed by atoms with Crippen LogP contribution in [-0.2, 0) is 31.2 Å². The summed E-state index contributed by atoms with van der Waals surface area (Å²) in [7, 11) is -4.36. The van der Waals surface area contributed by atoms with Crippen LogP contribution >= 0.6 is 0 Å². The second-order valence-corrected chi connectivity index (χ2v) is 3.65. The van der Waals surface area contributed by atoms with Gasteiger partial charge in [0.05, 0.1) is 4.90 Å². The van der Waals surface area contributed by atoms with Crippen LogP contribution in [0.5, 0.6) is 5.75 Å². The van der Waals surface area contributed by atoms with Crippen LogP contribution in [0.3, 0.4) is 0 Å². The van der Waals surface area contributed by atoms with Gasteiger partial charge in [0.1, 0.15) is 15.9 Å². The van der Waals surface area contributed by atoms with Crippen LogP contribution in [0.15, 0.2) is 29.2 Å². The molecule has 0 heterocycles. The van der Waals surface area contributed by atoms with E-state index in [1.165, 1.54) is 24.3 Å². The summed E-state index contributed by atoms with van der Waals surface area (Å²) < 4.78 is 36.4. The van der Waals surface area contributed by atoms with E-state index in [0.29, 0.717) is 5.75 Å². The van der Waals surface area contributed by atoms with Crippen LogP contribution in [0, 0.1) is 6.92 Å². The Morgan fingerprint density at radius 2 is 1.79 bits per heavy atom. The molecule has 14 heavy (non-hydrogen) atoms. The Kier molecular flexibility index (Phi) is 5.34. The molecule has 0 bridgehead atoms. The summed E-state index contributed by atoms with van der Waals surface area (Å²) in [5.41, 5.74) is 0. The molecule has 0 aliphatic rings. The van der Waals surface area contributed by atoms with Crippen LogP contribution in [0.4, 0.5) is 0 Å². The standard InChI is InChI=1S/C8H9O4S.W/c1-2-12-7-3-5-8(6-4-7)13(9,10)11;/h3-6H,1-2H2,(H,9,10,11);/q-1;/p-1. The molecule has 0 aromatic heterocycles.